The molecule has 0 radical (unpaired) electrons. The largest absolute Gasteiger partial charge is 0.460 e. The van der Waals surface area contributed by atoms with E-state index in [0.29, 0.717) is 17.9 Å². The molecule has 186 valence electrons. The predicted molar refractivity (Wildman–Crippen MR) is 150 cm³/mol. The summed E-state index contributed by atoms with van der Waals surface area (Å²) in [6.45, 7) is 10.7. The van der Waals surface area contributed by atoms with Gasteiger partial charge in [0.15, 0.2) is 0 Å². The fourth-order valence-corrected chi connectivity index (χ4v) is 5.08. The van der Waals surface area contributed by atoms with Crippen molar-refractivity contribution in [3.8, 4) is 11.5 Å². The average Bonchev–Trinajstić information content (AvgIpc) is 2.83. The van der Waals surface area contributed by atoms with Gasteiger partial charge in [-0.15, -0.1) is 0 Å². The van der Waals surface area contributed by atoms with Gasteiger partial charge in [-0.1, -0.05) is 99.6 Å². The van der Waals surface area contributed by atoms with Crippen LogP contribution in [0.4, 0.5) is 0 Å². The maximum atomic E-state index is 10.9. The lowest BCUT2D eigenvalue weighted by molar-refractivity contribution is 0.375. The van der Waals surface area contributed by atoms with Crippen molar-refractivity contribution in [1.29, 1.82) is 0 Å². The van der Waals surface area contributed by atoms with E-state index in [4.69, 9.17) is 9.05 Å². The molecule has 0 aliphatic rings. The van der Waals surface area contributed by atoms with E-state index in [1.807, 2.05) is 30.3 Å². The van der Waals surface area contributed by atoms with Crippen LogP contribution in [0.3, 0.4) is 0 Å². The SMILES string of the molecule is Cc1ccccc1Cc1ccc(OP(O)Oc2ccccc2C(C)(C)C)c(Cc2ccccc2C)c1. The highest BCUT2D eigenvalue weighted by atomic mass is 31.2. The molecule has 0 saturated heterocycles. The van der Waals surface area contributed by atoms with Crippen LogP contribution in [0.1, 0.15) is 59.7 Å². The van der Waals surface area contributed by atoms with Crippen LogP contribution in [-0.4, -0.2) is 4.89 Å². The first-order valence-corrected chi connectivity index (χ1v) is 13.5. The van der Waals surface area contributed by atoms with E-state index in [9.17, 15) is 4.89 Å². The Balaban J connectivity index is 1.62. The maximum Gasteiger partial charge on any atom is 0.460 e. The fraction of sp³-hybridized carbons (Fsp3) is 0.250. The first-order valence-electron chi connectivity index (χ1n) is 12.4. The van der Waals surface area contributed by atoms with E-state index in [1.165, 1.54) is 27.8 Å². The first kappa shape index (κ1) is 25.9. The third kappa shape index (κ3) is 6.55. The summed E-state index contributed by atoms with van der Waals surface area (Å²) >= 11 is 0. The normalized spacial score (nSPS) is 12.3. The molecule has 4 aromatic rings. The van der Waals surface area contributed by atoms with Gasteiger partial charge in [0.1, 0.15) is 11.5 Å². The van der Waals surface area contributed by atoms with E-state index in [0.717, 1.165) is 17.5 Å². The van der Waals surface area contributed by atoms with Gasteiger partial charge in [-0.25, -0.2) is 0 Å². The Kier molecular flexibility index (Phi) is 8.14. The van der Waals surface area contributed by atoms with Crippen LogP contribution in [0, 0.1) is 13.8 Å². The van der Waals surface area contributed by atoms with Crippen LogP contribution in [0.2, 0.25) is 0 Å². The molecule has 1 atom stereocenters. The molecule has 4 heteroatoms. The van der Waals surface area contributed by atoms with Gasteiger partial charge >= 0.3 is 8.60 Å². The van der Waals surface area contributed by atoms with Crippen LogP contribution < -0.4 is 9.05 Å². The van der Waals surface area contributed by atoms with Crippen molar-refractivity contribution >= 4 is 8.60 Å². The summed E-state index contributed by atoms with van der Waals surface area (Å²) < 4.78 is 12.0. The second-order valence-corrected chi connectivity index (χ2v) is 11.2. The van der Waals surface area contributed by atoms with Crippen LogP contribution >= 0.6 is 8.60 Å². The Morgan fingerprint density at radius 2 is 1.19 bits per heavy atom. The second-order valence-electron chi connectivity index (χ2n) is 10.3. The molecule has 0 aliphatic heterocycles. The second kappa shape index (κ2) is 11.3. The van der Waals surface area contributed by atoms with E-state index in [1.54, 1.807) is 0 Å². The molecule has 4 aromatic carbocycles. The zero-order valence-corrected chi connectivity index (χ0v) is 22.7. The van der Waals surface area contributed by atoms with E-state index in [-0.39, 0.29) is 5.41 Å². The fourth-order valence-electron chi connectivity index (χ4n) is 4.36. The molecule has 3 nitrogen and oxygen atoms in total. The summed E-state index contributed by atoms with van der Waals surface area (Å²) in [5.74, 6) is 1.30. The third-order valence-electron chi connectivity index (χ3n) is 6.47. The smallest absolute Gasteiger partial charge is 0.418 e. The number of para-hydroxylation sites is 1. The van der Waals surface area contributed by atoms with E-state index in [2.05, 4.69) is 95.3 Å². The van der Waals surface area contributed by atoms with Crippen molar-refractivity contribution in [2.24, 2.45) is 0 Å². The summed E-state index contributed by atoms with van der Waals surface area (Å²) in [4.78, 5) is 10.9. The minimum Gasteiger partial charge on any atom is -0.418 e. The lowest BCUT2D eigenvalue weighted by Crippen LogP contribution is -2.12. The zero-order valence-electron chi connectivity index (χ0n) is 21.8. The molecule has 0 amide bonds. The molecular formula is C32H35O3P. The molecule has 36 heavy (non-hydrogen) atoms. The predicted octanol–water partition coefficient (Wildman–Crippen LogP) is 8.46. The summed E-state index contributed by atoms with van der Waals surface area (Å²) in [5, 5.41) is 0. The van der Waals surface area contributed by atoms with Crippen LogP contribution in [0.25, 0.3) is 0 Å². The molecule has 0 saturated carbocycles. The highest BCUT2D eigenvalue weighted by Crippen LogP contribution is 2.42. The molecule has 0 heterocycles. The average molecular weight is 499 g/mol. The molecule has 0 aromatic heterocycles. The lowest BCUT2D eigenvalue weighted by atomic mass is 9.86. The van der Waals surface area contributed by atoms with Gasteiger partial charge in [0, 0.05) is 12.0 Å². The van der Waals surface area contributed by atoms with Gasteiger partial charge in [0.05, 0.1) is 0 Å². The Morgan fingerprint density at radius 3 is 1.83 bits per heavy atom. The maximum absolute atomic E-state index is 10.9. The molecule has 4 rings (SSSR count). The first-order chi connectivity index (χ1) is 17.2. The van der Waals surface area contributed by atoms with Crippen LogP contribution in [-0.2, 0) is 18.3 Å². The highest BCUT2D eigenvalue weighted by molar-refractivity contribution is 7.41. The van der Waals surface area contributed by atoms with E-state index < -0.39 is 8.60 Å². The highest BCUT2D eigenvalue weighted by Gasteiger charge is 2.22. The quantitative estimate of drug-likeness (QED) is 0.248. The van der Waals surface area contributed by atoms with E-state index >= 15 is 0 Å². The lowest BCUT2D eigenvalue weighted by Gasteiger charge is -2.23. The summed E-state index contributed by atoms with van der Waals surface area (Å²) in [6.07, 6.45) is 1.56. The number of hydrogen-bond acceptors (Lipinski definition) is 3. The summed E-state index contributed by atoms with van der Waals surface area (Å²) in [6, 6.07) is 30.9. The van der Waals surface area contributed by atoms with Gasteiger partial charge in [-0.3, -0.25) is 0 Å². The number of benzene rings is 4. The minimum atomic E-state index is -2.16. The Hall–Kier alpha value is -3.13. The topological polar surface area (TPSA) is 38.7 Å². The standard InChI is InChI=1S/C32H35O3P/c1-23-12-6-8-14-26(23)20-25-18-19-30(28(21-25)22-27-15-9-7-13-24(27)2)34-36(33)35-31-17-11-10-16-29(31)32(3,4)5/h6-19,21,33H,20,22H2,1-5H3. The summed E-state index contributed by atoms with van der Waals surface area (Å²) in [5.41, 5.74) is 8.21. The molecule has 0 spiro atoms. The zero-order chi connectivity index (χ0) is 25.7. The van der Waals surface area contributed by atoms with Crippen molar-refractivity contribution in [1.82, 2.24) is 0 Å². The molecular weight excluding hydrogens is 463 g/mol. The Labute approximate surface area is 216 Å². The monoisotopic (exact) mass is 498 g/mol. The van der Waals surface area contributed by atoms with Crippen molar-refractivity contribution < 1.29 is 13.9 Å². The van der Waals surface area contributed by atoms with Crippen molar-refractivity contribution in [3.05, 3.63) is 130 Å². The number of rotatable bonds is 8. The Bertz CT molecular complexity index is 1320. The molecule has 1 unspecified atom stereocenters. The van der Waals surface area contributed by atoms with Crippen molar-refractivity contribution in [2.75, 3.05) is 0 Å². The number of hydrogen-bond donors (Lipinski definition) is 1. The van der Waals surface area contributed by atoms with Gasteiger partial charge in [-0.2, -0.15) is 0 Å². The minimum absolute atomic E-state index is 0.111. The molecule has 0 aliphatic carbocycles. The van der Waals surface area contributed by atoms with Gasteiger partial charge in [-0.05, 0) is 71.2 Å². The molecule has 0 fully saturated rings. The van der Waals surface area contributed by atoms with Crippen LogP contribution in [0.5, 0.6) is 11.5 Å². The van der Waals surface area contributed by atoms with Gasteiger partial charge < -0.3 is 13.9 Å². The number of aryl methyl sites for hydroxylation is 2. The van der Waals surface area contributed by atoms with Crippen molar-refractivity contribution in [3.63, 3.8) is 0 Å². The van der Waals surface area contributed by atoms with Gasteiger partial charge in [0.25, 0.3) is 0 Å². The molecule has 1 N–H and O–H groups in total. The van der Waals surface area contributed by atoms with Gasteiger partial charge in [0.2, 0.25) is 0 Å². The van der Waals surface area contributed by atoms with Crippen LogP contribution in [0.15, 0.2) is 91.0 Å². The third-order valence-corrected chi connectivity index (χ3v) is 7.18. The summed E-state index contributed by atoms with van der Waals surface area (Å²) in [7, 11) is -2.16. The molecule has 0 bridgehead atoms. The Morgan fingerprint density at radius 1 is 0.639 bits per heavy atom. The van der Waals surface area contributed by atoms with Crippen molar-refractivity contribution in [2.45, 2.75) is 52.9 Å².